The molecule has 17 heteroatoms. The van der Waals surface area contributed by atoms with E-state index in [1.807, 2.05) is 58.0 Å². The summed E-state index contributed by atoms with van der Waals surface area (Å²) in [4.78, 5) is 17.9. The summed E-state index contributed by atoms with van der Waals surface area (Å²) >= 11 is 0. The van der Waals surface area contributed by atoms with Gasteiger partial charge in [0.05, 0.1) is 28.7 Å². The van der Waals surface area contributed by atoms with E-state index >= 15 is 0 Å². The smallest absolute Gasteiger partial charge is 0.324 e. The van der Waals surface area contributed by atoms with Crippen molar-refractivity contribution in [2.75, 3.05) is 0 Å². The Kier molecular flexibility index (Phi) is 19.8. The summed E-state index contributed by atoms with van der Waals surface area (Å²) < 4.78 is 49.9. The normalized spacial score (nSPS) is 11.5. The third kappa shape index (κ3) is 15.5. The SMILES string of the molecule is CC.Cc1cc(CPOOO)ccc1-c1ccc(CP(=O)(O)O)cc1C.O=S(=O)(O)c1cccc(POOO)c1.[Zr]. The molecule has 0 bridgehead atoms. The molecule has 0 radical (unpaired) electrons. The van der Waals surface area contributed by atoms with E-state index < -0.39 is 17.7 Å². The zero-order chi connectivity index (χ0) is 30.3. The predicted octanol–water partition coefficient (Wildman–Crippen LogP) is 5.76. The van der Waals surface area contributed by atoms with Gasteiger partial charge in [0.2, 0.25) is 0 Å². The fourth-order valence-corrected chi connectivity index (χ4v) is 5.74. The number of aryl methyl sites for hydroxylation is 2. The van der Waals surface area contributed by atoms with E-state index in [9.17, 15) is 13.0 Å². The van der Waals surface area contributed by atoms with Gasteiger partial charge < -0.3 is 9.79 Å². The van der Waals surface area contributed by atoms with Crippen LogP contribution in [-0.4, -0.2) is 33.3 Å². The molecule has 3 rings (SSSR count). The van der Waals surface area contributed by atoms with E-state index in [0.29, 0.717) is 17.0 Å². The molecule has 3 aromatic rings. The molecule has 0 saturated carbocycles. The van der Waals surface area contributed by atoms with Gasteiger partial charge in [-0.25, -0.2) is 10.5 Å². The van der Waals surface area contributed by atoms with Crippen molar-refractivity contribution in [2.45, 2.75) is 44.9 Å². The summed E-state index contributed by atoms with van der Waals surface area (Å²) in [5, 5.41) is 23.5. The molecule has 0 aliphatic heterocycles. The van der Waals surface area contributed by atoms with Crippen molar-refractivity contribution < 1.29 is 83.5 Å². The van der Waals surface area contributed by atoms with Crippen LogP contribution in [0.1, 0.15) is 36.1 Å². The van der Waals surface area contributed by atoms with Gasteiger partial charge in [-0.15, -0.1) is 0 Å². The number of hydrogen-bond donors (Lipinski definition) is 5. The first-order valence-electron chi connectivity index (χ1n) is 11.6. The van der Waals surface area contributed by atoms with Gasteiger partial charge in [-0.1, -0.05) is 72.5 Å². The molecule has 2 unspecified atom stereocenters. The Balaban J connectivity index is 0.000000806. The van der Waals surface area contributed by atoms with Crippen molar-refractivity contribution in [3.05, 3.63) is 82.9 Å². The average Bonchev–Trinajstić information content (AvgIpc) is 2.89. The van der Waals surface area contributed by atoms with Crippen molar-refractivity contribution >= 4 is 40.6 Å². The molecule has 0 heterocycles. The van der Waals surface area contributed by atoms with Crippen LogP contribution in [0, 0.1) is 13.8 Å². The number of hydrogen-bond acceptors (Lipinski definition) is 9. The molecular weight excluding hydrogens is 696 g/mol. The Labute approximate surface area is 261 Å². The Hall–Kier alpha value is -0.777. The van der Waals surface area contributed by atoms with E-state index in [2.05, 4.69) is 19.4 Å². The van der Waals surface area contributed by atoms with Gasteiger partial charge in [0.25, 0.3) is 10.1 Å². The summed E-state index contributed by atoms with van der Waals surface area (Å²) in [6.45, 7) is 7.94. The maximum absolute atomic E-state index is 11.1. The van der Waals surface area contributed by atoms with Crippen LogP contribution in [0.15, 0.2) is 65.6 Å². The fraction of sp³-hybridized carbons (Fsp3) is 0.250. The maximum atomic E-state index is 11.1. The Morgan fingerprint density at radius 1 is 0.829 bits per heavy atom. The van der Waals surface area contributed by atoms with E-state index in [-0.39, 0.29) is 54.9 Å². The van der Waals surface area contributed by atoms with Crippen LogP contribution in [0.2, 0.25) is 0 Å². The van der Waals surface area contributed by atoms with Crippen LogP contribution >= 0.6 is 25.2 Å². The summed E-state index contributed by atoms with van der Waals surface area (Å²) in [5.41, 5.74) is 5.86. The van der Waals surface area contributed by atoms with Crippen LogP contribution in [0.5, 0.6) is 0 Å². The minimum absolute atomic E-state index is 0. The molecular formula is C24H33O12P3SZr. The number of benzene rings is 3. The van der Waals surface area contributed by atoms with Crippen molar-refractivity contribution in [2.24, 2.45) is 0 Å². The van der Waals surface area contributed by atoms with E-state index in [0.717, 1.165) is 27.8 Å². The van der Waals surface area contributed by atoms with Crippen LogP contribution in [0.3, 0.4) is 0 Å². The zero-order valence-corrected chi connectivity index (χ0v) is 28.8. The molecule has 3 aromatic carbocycles. The Morgan fingerprint density at radius 3 is 1.85 bits per heavy atom. The second-order valence-electron chi connectivity index (χ2n) is 7.86. The van der Waals surface area contributed by atoms with Gasteiger partial charge in [0.1, 0.15) is 0 Å². The first-order chi connectivity index (χ1) is 18.8. The van der Waals surface area contributed by atoms with Crippen molar-refractivity contribution in [3.8, 4) is 11.1 Å². The van der Waals surface area contributed by atoms with Crippen LogP contribution < -0.4 is 5.30 Å². The molecule has 0 fully saturated rings. The summed E-state index contributed by atoms with van der Waals surface area (Å²) in [7, 11) is -8.62. The van der Waals surface area contributed by atoms with E-state index in [1.165, 1.54) is 18.2 Å². The van der Waals surface area contributed by atoms with Crippen LogP contribution in [0.4, 0.5) is 0 Å². The monoisotopic (exact) mass is 728 g/mol. The molecule has 5 N–H and O–H groups in total. The molecule has 12 nitrogen and oxygen atoms in total. The molecule has 41 heavy (non-hydrogen) atoms. The van der Waals surface area contributed by atoms with Gasteiger partial charge in [-0.2, -0.15) is 17.8 Å². The molecule has 2 atom stereocenters. The van der Waals surface area contributed by atoms with E-state index in [1.54, 1.807) is 12.1 Å². The zero-order valence-electron chi connectivity index (χ0n) is 22.6. The van der Waals surface area contributed by atoms with Gasteiger partial charge in [-0.05, 0) is 59.4 Å². The summed E-state index contributed by atoms with van der Waals surface area (Å²) in [6.07, 6.45) is 0.391. The quantitative estimate of drug-likeness (QED) is 0.0529. The molecule has 0 spiro atoms. The first-order valence-corrected chi connectivity index (χ1v) is 16.8. The van der Waals surface area contributed by atoms with Crippen LogP contribution in [-0.2, 0) is 72.6 Å². The molecule has 0 amide bonds. The largest absolute Gasteiger partial charge is 0.329 e. The molecule has 0 aromatic heterocycles. The Bertz CT molecular complexity index is 1370. The maximum Gasteiger partial charge on any atom is 0.329 e. The van der Waals surface area contributed by atoms with Gasteiger partial charge in [-0.3, -0.25) is 9.12 Å². The minimum atomic E-state index is -4.20. The standard InChI is InChI=1S/C16H20O6P2.C6H7O6PS.C2H6.Zr/c1-11-7-13(9-23-22-21-17)3-5-15(11)16-6-4-14(8-12(16)2)10-24(18,19)20;7-11-12-13-5-2-1-3-6(4-5)14(8,9)10;1-2;/h3-8,17,23H,9-10H2,1-2H3,(H2,18,19,20);1-4,7,13H,(H,8,9,10);1-2H3;. The van der Waals surface area contributed by atoms with Gasteiger partial charge in [0, 0.05) is 37.7 Å². The van der Waals surface area contributed by atoms with Gasteiger partial charge in [0.15, 0.2) is 0 Å². The van der Waals surface area contributed by atoms with E-state index in [4.69, 9.17) is 24.9 Å². The predicted molar refractivity (Wildman–Crippen MR) is 154 cm³/mol. The molecule has 226 valence electrons. The molecule has 0 aliphatic rings. The second kappa shape index (κ2) is 20.2. The van der Waals surface area contributed by atoms with Crippen LogP contribution in [0.25, 0.3) is 11.1 Å². The van der Waals surface area contributed by atoms with Gasteiger partial charge >= 0.3 is 7.60 Å². The Morgan fingerprint density at radius 2 is 1.37 bits per heavy atom. The molecule has 0 saturated heterocycles. The average molecular weight is 730 g/mol. The van der Waals surface area contributed by atoms with Crippen molar-refractivity contribution in [1.82, 2.24) is 0 Å². The topological polar surface area (TPSA) is 189 Å². The second-order valence-corrected chi connectivity index (χ2v) is 12.7. The summed E-state index contributed by atoms with van der Waals surface area (Å²) in [6, 6.07) is 17.0. The fourth-order valence-electron chi connectivity index (χ4n) is 3.43. The third-order valence-electron chi connectivity index (χ3n) is 4.96. The first kappa shape index (κ1) is 40.2. The minimum Gasteiger partial charge on any atom is -0.324 e. The van der Waals surface area contributed by atoms with Crippen molar-refractivity contribution in [1.29, 1.82) is 0 Å². The number of rotatable bonds is 11. The third-order valence-corrected chi connectivity index (χ3v) is 8.04. The molecule has 0 aliphatic carbocycles. The van der Waals surface area contributed by atoms with Crippen molar-refractivity contribution in [3.63, 3.8) is 0 Å². The summed E-state index contributed by atoms with van der Waals surface area (Å²) in [5.74, 6) is 0.